The van der Waals surface area contributed by atoms with E-state index in [0.717, 1.165) is 11.3 Å². The van der Waals surface area contributed by atoms with Crippen LogP contribution in [0.3, 0.4) is 0 Å². The summed E-state index contributed by atoms with van der Waals surface area (Å²) in [6.45, 7) is 0.339. The van der Waals surface area contributed by atoms with E-state index in [0.29, 0.717) is 18.7 Å². The van der Waals surface area contributed by atoms with E-state index < -0.39 is 0 Å². The normalized spacial score (nSPS) is 14.6. The quantitative estimate of drug-likeness (QED) is 0.655. The van der Waals surface area contributed by atoms with E-state index in [4.69, 9.17) is 10.8 Å². The molecule has 1 amide bonds. The van der Waals surface area contributed by atoms with Gasteiger partial charge in [-0.2, -0.15) is 0 Å². The highest BCUT2D eigenvalue weighted by Gasteiger charge is 2.26. The maximum absolute atomic E-state index is 11.5. The van der Waals surface area contributed by atoms with Crippen molar-refractivity contribution in [2.24, 2.45) is 0 Å². The topological polar surface area (TPSA) is 66.6 Å². The lowest BCUT2D eigenvalue weighted by molar-refractivity contribution is -0.117. The molecule has 0 atom stereocenters. The Morgan fingerprint density at radius 1 is 1.50 bits per heavy atom. The molecule has 2 rings (SSSR count). The van der Waals surface area contributed by atoms with Crippen molar-refractivity contribution < 1.29 is 9.90 Å². The van der Waals surface area contributed by atoms with E-state index >= 15 is 0 Å². The zero-order chi connectivity index (χ0) is 10.1. The molecule has 4 nitrogen and oxygen atoms in total. The number of nitrogens with zero attached hydrogens (tertiary/aromatic N) is 1. The molecule has 0 spiro atoms. The van der Waals surface area contributed by atoms with Crippen molar-refractivity contribution in [3.8, 4) is 0 Å². The molecule has 0 saturated carbocycles. The first kappa shape index (κ1) is 9.02. The van der Waals surface area contributed by atoms with Crippen LogP contribution in [0.1, 0.15) is 5.56 Å². The van der Waals surface area contributed by atoms with Crippen LogP contribution >= 0.6 is 0 Å². The van der Waals surface area contributed by atoms with Gasteiger partial charge >= 0.3 is 0 Å². The summed E-state index contributed by atoms with van der Waals surface area (Å²) in [5.41, 5.74) is 8.11. The number of anilines is 2. The van der Waals surface area contributed by atoms with Crippen molar-refractivity contribution in [3.05, 3.63) is 23.8 Å². The third kappa shape index (κ3) is 1.33. The summed E-state index contributed by atoms with van der Waals surface area (Å²) in [5.74, 6) is 0.0275. The fraction of sp³-hybridized carbons (Fsp3) is 0.300. The zero-order valence-electron chi connectivity index (χ0n) is 7.73. The second-order valence-electron chi connectivity index (χ2n) is 3.33. The Labute approximate surface area is 81.9 Å². The highest BCUT2D eigenvalue weighted by molar-refractivity contribution is 6.01. The summed E-state index contributed by atoms with van der Waals surface area (Å²) < 4.78 is 0. The van der Waals surface area contributed by atoms with Crippen LogP contribution < -0.4 is 10.6 Å². The number of nitrogen functional groups attached to an aromatic ring is 1. The lowest BCUT2D eigenvalue weighted by Gasteiger charge is -2.15. The summed E-state index contributed by atoms with van der Waals surface area (Å²) in [4.78, 5) is 13.1. The van der Waals surface area contributed by atoms with Gasteiger partial charge in [0.25, 0.3) is 0 Å². The van der Waals surface area contributed by atoms with E-state index in [2.05, 4.69) is 0 Å². The van der Waals surface area contributed by atoms with Crippen molar-refractivity contribution in [1.29, 1.82) is 0 Å². The molecule has 1 heterocycles. The van der Waals surface area contributed by atoms with Crippen LogP contribution in [-0.4, -0.2) is 24.2 Å². The molecule has 1 aliphatic rings. The monoisotopic (exact) mass is 192 g/mol. The first-order valence-corrected chi connectivity index (χ1v) is 4.52. The fourth-order valence-corrected chi connectivity index (χ4v) is 1.75. The first-order chi connectivity index (χ1) is 6.72. The predicted octanol–water partition coefficient (Wildman–Crippen LogP) is 0.150. The van der Waals surface area contributed by atoms with Gasteiger partial charge in [-0.3, -0.25) is 4.79 Å². The summed E-state index contributed by atoms with van der Waals surface area (Å²) in [6, 6.07) is 5.40. The average Bonchev–Trinajstić information content (AvgIpc) is 2.43. The minimum absolute atomic E-state index is 0.0183. The number of rotatable bonds is 2. The lowest BCUT2D eigenvalue weighted by Crippen LogP contribution is -2.29. The van der Waals surface area contributed by atoms with Crippen LogP contribution in [-0.2, 0) is 11.2 Å². The van der Waals surface area contributed by atoms with E-state index in [1.54, 1.807) is 11.0 Å². The predicted molar refractivity (Wildman–Crippen MR) is 54.0 cm³/mol. The number of hydrogen-bond acceptors (Lipinski definition) is 3. The molecule has 1 aromatic rings. The van der Waals surface area contributed by atoms with Crippen molar-refractivity contribution in [2.75, 3.05) is 23.8 Å². The largest absolute Gasteiger partial charge is 0.399 e. The SMILES string of the molecule is Nc1ccc2c(c1)CC(=O)N2CCO. The van der Waals surface area contributed by atoms with Crippen LogP contribution in [0.5, 0.6) is 0 Å². The Morgan fingerprint density at radius 2 is 2.29 bits per heavy atom. The maximum atomic E-state index is 11.5. The summed E-state index contributed by atoms with van der Waals surface area (Å²) in [7, 11) is 0. The van der Waals surface area contributed by atoms with Crippen LogP contribution in [0.4, 0.5) is 11.4 Å². The summed E-state index contributed by atoms with van der Waals surface area (Å²) >= 11 is 0. The van der Waals surface area contributed by atoms with Gasteiger partial charge in [0.1, 0.15) is 0 Å². The minimum Gasteiger partial charge on any atom is -0.399 e. The number of carbonyl (C=O) groups is 1. The van der Waals surface area contributed by atoms with Gasteiger partial charge in [-0.1, -0.05) is 0 Å². The molecular weight excluding hydrogens is 180 g/mol. The smallest absolute Gasteiger partial charge is 0.231 e. The van der Waals surface area contributed by atoms with Gasteiger partial charge in [-0.25, -0.2) is 0 Å². The average molecular weight is 192 g/mol. The number of aliphatic hydroxyl groups excluding tert-OH is 1. The third-order valence-electron chi connectivity index (χ3n) is 2.36. The molecule has 0 bridgehead atoms. The molecule has 3 N–H and O–H groups in total. The summed E-state index contributed by atoms with van der Waals surface area (Å²) in [6.07, 6.45) is 0.389. The number of carbonyl (C=O) groups excluding carboxylic acids is 1. The Kier molecular flexibility index (Phi) is 2.13. The van der Waals surface area contributed by atoms with Crippen molar-refractivity contribution >= 4 is 17.3 Å². The molecular formula is C10H12N2O2. The Balaban J connectivity index is 2.37. The van der Waals surface area contributed by atoms with Crippen LogP contribution in [0.25, 0.3) is 0 Å². The number of nitrogens with two attached hydrogens (primary N) is 1. The number of amides is 1. The van der Waals surface area contributed by atoms with Gasteiger partial charge in [0.15, 0.2) is 0 Å². The van der Waals surface area contributed by atoms with Crippen molar-refractivity contribution in [3.63, 3.8) is 0 Å². The van der Waals surface area contributed by atoms with Crippen LogP contribution in [0.15, 0.2) is 18.2 Å². The lowest BCUT2D eigenvalue weighted by atomic mass is 10.1. The molecule has 0 saturated heterocycles. The van der Waals surface area contributed by atoms with E-state index in [1.165, 1.54) is 0 Å². The molecule has 74 valence electrons. The van der Waals surface area contributed by atoms with Gasteiger partial charge in [0, 0.05) is 17.9 Å². The molecule has 0 aliphatic carbocycles. The second kappa shape index (κ2) is 3.31. The van der Waals surface area contributed by atoms with Gasteiger partial charge in [-0.05, 0) is 23.8 Å². The first-order valence-electron chi connectivity index (χ1n) is 4.52. The van der Waals surface area contributed by atoms with E-state index in [1.807, 2.05) is 12.1 Å². The molecule has 0 radical (unpaired) electrons. The zero-order valence-corrected chi connectivity index (χ0v) is 7.73. The second-order valence-corrected chi connectivity index (χ2v) is 3.33. The van der Waals surface area contributed by atoms with E-state index in [9.17, 15) is 4.79 Å². The minimum atomic E-state index is -0.0183. The van der Waals surface area contributed by atoms with Crippen molar-refractivity contribution in [2.45, 2.75) is 6.42 Å². The van der Waals surface area contributed by atoms with Gasteiger partial charge in [0.05, 0.1) is 13.0 Å². The van der Waals surface area contributed by atoms with Crippen molar-refractivity contribution in [1.82, 2.24) is 0 Å². The third-order valence-corrected chi connectivity index (χ3v) is 2.36. The standard InChI is InChI=1S/C10H12N2O2/c11-8-1-2-9-7(5-8)6-10(14)12(9)3-4-13/h1-2,5,13H,3-4,6,11H2. The molecule has 1 aliphatic heterocycles. The Hall–Kier alpha value is -1.55. The maximum Gasteiger partial charge on any atom is 0.231 e. The molecule has 4 heteroatoms. The van der Waals surface area contributed by atoms with Gasteiger partial charge < -0.3 is 15.7 Å². The molecule has 1 aromatic carbocycles. The molecule has 14 heavy (non-hydrogen) atoms. The number of fused-ring (bicyclic) bond motifs is 1. The number of hydrogen-bond donors (Lipinski definition) is 2. The summed E-state index contributed by atoms with van der Waals surface area (Å²) in [5, 5.41) is 8.81. The molecule has 0 aromatic heterocycles. The molecule has 0 unspecified atom stereocenters. The number of benzene rings is 1. The van der Waals surface area contributed by atoms with Gasteiger partial charge in [0.2, 0.25) is 5.91 Å². The highest BCUT2D eigenvalue weighted by atomic mass is 16.3. The van der Waals surface area contributed by atoms with Crippen LogP contribution in [0, 0.1) is 0 Å². The number of aliphatic hydroxyl groups is 1. The van der Waals surface area contributed by atoms with Gasteiger partial charge in [-0.15, -0.1) is 0 Å². The fourth-order valence-electron chi connectivity index (χ4n) is 1.75. The number of β-amino-alcohol motifs (C(OH)–C–C–N with tert-alkyl or cyclic N) is 1. The highest BCUT2D eigenvalue weighted by Crippen LogP contribution is 2.29. The molecule has 0 fully saturated rings. The van der Waals surface area contributed by atoms with Crippen LogP contribution in [0.2, 0.25) is 0 Å². The van der Waals surface area contributed by atoms with E-state index in [-0.39, 0.29) is 12.5 Å². The Bertz CT molecular complexity index is 376. The Morgan fingerprint density at radius 3 is 3.00 bits per heavy atom.